The minimum atomic E-state index is -1.17. The fourth-order valence-corrected chi connectivity index (χ4v) is 1.65. The Balaban J connectivity index is 2.20. The number of hydrogen-bond donors (Lipinski definition) is 2. The Morgan fingerprint density at radius 3 is 2.56 bits per heavy atom. The number of likely N-dealkylation sites (tertiary alicyclic amines) is 1. The third-order valence-electron chi connectivity index (χ3n) is 2.53. The number of aliphatic hydroxyl groups excluding tert-OH is 1. The van der Waals surface area contributed by atoms with Crippen LogP contribution in [0.1, 0.15) is 32.1 Å². The molecule has 1 heterocycles. The fourth-order valence-electron chi connectivity index (χ4n) is 1.65. The molecular weight excluding hydrogens is 212 g/mol. The lowest BCUT2D eigenvalue weighted by Crippen LogP contribution is -2.32. The van der Waals surface area contributed by atoms with Gasteiger partial charge >= 0.3 is 0 Å². The SMILES string of the molecule is NC(=O)CCCCCN1C(=O)CC(O)C1=O. The lowest BCUT2D eigenvalue weighted by molar-refractivity contribution is -0.140. The first kappa shape index (κ1) is 12.6. The third-order valence-corrected chi connectivity index (χ3v) is 2.53. The van der Waals surface area contributed by atoms with E-state index in [4.69, 9.17) is 10.8 Å². The Bertz CT molecular complexity index is 303. The molecule has 3 N–H and O–H groups in total. The molecule has 0 aromatic rings. The molecule has 6 nitrogen and oxygen atoms in total. The van der Waals surface area contributed by atoms with E-state index < -0.39 is 12.0 Å². The number of imide groups is 1. The molecule has 1 aliphatic heterocycles. The van der Waals surface area contributed by atoms with Crippen molar-refractivity contribution < 1.29 is 19.5 Å². The molecule has 1 rings (SSSR count). The van der Waals surface area contributed by atoms with E-state index in [2.05, 4.69) is 0 Å². The van der Waals surface area contributed by atoms with E-state index in [0.29, 0.717) is 25.8 Å². The second-order valence-electron chi connectivity index (χ2n) is 3.88. The maximum absolute atomic E-state index is 11.3. The van der Waals surface area contributed by atoms with E-state index in [1.165, 1.54) is 0 Å². The topological polar surface area (TPSA) is 101 Å². The van der Waals surface area contributed by atoms with Gasteiger partial charge in [0, 0.05) is 13.0 Å². The lowest BCUT2D eigenvalue weighted by atomic mass is 10.2. The van der Waals surface area contributed by atoms with Crippen molar-refractivity contribution in [1.82, 2.24) is 4.90 Å². The molecule has 6 heteroatoms. The summed E-state index contributed by atoms with van der Waals surface area (Å²) in [5.74, 6) is -1.18. The highest BCUT2D eigenvalue weighted by molar-refractivity contribution is 6.04. The number of nitrogens with zero attached hydrogens (tertiary/aromatic N) is 1. The van der Waals surface area contributed by atoms with Gasteiger partial charge in [0.2, 0.25) is 11.8 Å². The molecule has 0 bridgehead atoms. The molecule has 3 amide bonds. The average molecular weight is 228 g/mol. The van der Waals surface area contributed by atoms with Crippen LogP contribution in [0.3, 0.4) is 0 Å². The molecule has 0 saturated carbocycles. The minimum absolute atomic E-state index is 0.111. The van der Waals surface area contributed by atoms with Crippen molar-refractivity contribution in [2.45, 2.75) is 38.2 Å². The molecule has 0 radical (unpaired) electrons. The maximum Gasteiger partial charge on any atom is 0.258 e. The second kappa shape index (κ2) is 5.60. The molecule has 1 atom stereocenters. The Labute approximate surface area is 93.4 Å². The number of carbonyl (C=O) groups excluding carboxylic acids is 3. The Morgan fingerprint density at radius 1 is 1.38 bits per heavy atom. The molecule has 1 aliphatic rings. The van der Waals surface area contributed by atoms with Gasteiger partial charge in [-0.05, 0) is 12.8 Å². The van der Waals surface area contributed by atoms with Gasteiger partial charge in [-0.3, -0.25) is 19.3 Å². The summed E-state index contributed by atoms with van der Waals surface area (Å²) in [6.45, 7) is 0.313. The minimum Gasteiger partial charge on any atom is -0.383 e. The van der Waals surface area contributed by atoms with E-state index in [0.717, 1.165) is 11.3 Å². The summed E-state index contributed by atoms with van der Waals surface area (Å²) >= 11 is 0. The van der Waals surface area contributed by atoms with Gasteiger partial charge in [0.15, 0.2) is 0 Å². The van der Waals surface area contributed by atoms with Crippen molar-refractivity contribution >= 4 is 17.7 Å². The number of nitrogens with two attached hydrogens (primary N) is 1. The normalized spacial score (nSPS) is 20.6. The van der Waals surface area contributed by atoms with Crippen LogP contribution in [0.4, 0.5) is 0 Å². The van der Waals surface area contributed by atoms with E-state index in [1.54, 1.807) is 0 Å². The number of primary amides is 1. The quantitative estimate of drug-likeness (QED) is 0.457. The Hall–Kier alpha value is -1.43. The number of hydrogen-bond acceptors (Lipinski definition) is 4. The number of unbranched alkanes of at least 4 members (excludes halogenated alkanes) is 2. The van der Waals surface area contributed by atoms with Gasteiger partial charge in [-0.15, -0.1) is 0 Å². The summed E-state index contributed by atoms with van der Waals surface area (Å²) < 4.78 is 0. The first-order valence-electron chi connectivity index (χ1n) is 5.33. The number of carbonyl (C=O) groups is 3. The first-order valence-corrected chi connectivity index (χ1v) is 5.33. The molecule has 1 saturated heterocycles. The third kappa shape index (κ3) is 3.30. The summed E-state index contributed by atoms with van der Waals surface area (Å²) in [6, 6.07) is 0. The van der Waals surface area contributed by atoms with Gasteiger partial charge < -0.3 is 10.8 Å². The lowest BCUT2D eigenvalue weighted by Gasteiger charge is -2.13. The van der Waals surface area contributed by atoms with Gasteiger partial charge in [0.25, 0.3) is 5.91 Å². The number of amides is 3. The highest BCUT2D eigenvalue weighted by atomic mass is 16.3. The molecule has 0 aromatic carbocycles. The zero-order chi connectivity index (χ0) is 12.1. The Morgan fingerprint density at radius 2 is 2.06 bits per heavy atom. The summed E-state index contributed by atoms with van der Waals surface area (Å²) in [5, 5.41) is 9.14. The van der Waals surface area contributed by atoms with Crippen LogP contribution in [-0.4, -0.2) is 40.4 Å². The summed E-state index contributed by atoms with van der Waals surface area (Å²) in [7, 11) is 0. The second-order valence-corrected chi connectivity index (χ2v) is 3.88. The molecule has 16 heavy (non-hydrogen) atoms. The zero-order valence-corrected chi connectivity index (χ0v) is 9.02. The highest BCUT2D eigenvalue weighted by Gasteiger charge is 2.36. The summed E-state index contributed by atoms with van der Waals surface area (Å²) in [4.78, 5) is 34.0. The van der Waals surface area contributed by atoms with Crippen LogP contribution in [0.15, 0.2) is 0 Å². The van der Waals surface area contributed by atoms with Crippen molar-refractivity contribution in [3.63, 3.8) is 0 Å². The van der Waals surface area contributed by atoms with Crippen molar-refractivity contribution in [1.29, 1.82) is 0 Å². The van der Waals surface area contributed by atoms with Crippen LogP contribution in [-0.2, 0) is 14.4 Å². The smallest absolute Gasteiger partial charge is 0.258 e. The summed E-state index contributed by atoms with van der Waals surface area (Å²) in [6.07, 6.45) is 1.07. The predicted molar refractivity (Wildman–Crippen MR) is 55.0 cm³/mol. The molecule has 1 unspecified atom stereocenters. The standard InChI is InChI=1S/C10H16N2O4/c11-8(14)4-2-1-3-5-12-9(15)6-7(13)10(12)16/h7,13H,1-6H2,(H2,11,14). The summed E-state index contributed by atoms with van der Waals surface area (Å²) in [5.41, 5.74) is 4.97. The van der Waals surface area contributed by atoms with Crippen LogP contribution in [0.5, 0.6) is 0 Å². The number of rotatable bonds is 6. The predicted octanol–water partition coefficient (Wildman–Crippen LogP) is -0.848. The zero-order valence-electron chi connectivity index (χ0n) is 9.02. The van der Waals surface area contributed by atoms with Crippen molar-refractivity contribution in [2.75, 3.05) is 6.54 Å². The molecule has 1 fully saturated rings. The monoisotopic (exact) mass is 228 g/mol. The molecule has 0 aliphatic carbocycles. The van der Waals surface area contributed by atoms with Gasteiger partial charge in [-0.1, -0.05) is 6.42 Å². The number of aliphatic hydroxyl groups is 1. The van der Waals surface area contributed by atoms with Crippen LogP contribution in [0.25, 0.3) is 0 Å². The van der Waals surface area contributed by atoms with Gasteiger partial charge in [-0.2, -0.15) is 0 Å². The van der Waals surface area contributed by atoms with E-state index >= 15 is 0 Å². The molecular formula is C10H16N2O4. The highest BCUT2D eigenvalue weighted by Crippen LogP contribution is 2.14. The van der Waals surface area contributed by atoms with E-state index in [9.17, 15) is 14.4 Å². The van der Waals surface area contributed by atoms with E-state index in [1.807, 2.05) is 0 Å². The largest absolute Gasteiger partial charge is 0.383 e. The van der Waals surface area contributed by atoms with Gasteiger partial charge in [0.05, 0.1) is 6.42 Å². The molecule has 0 spiro atoms. The van der Waals surface area contributed by atoms with Crippen LogP contribution in [0, 0.1) is 0 Å². The van der Waals surface area contributed by atoms with Crippen molar-refractivity contribution in [3.05, 3.63) is 0 Å². The molecule has 0 aromatic heterocycles. The fraction of sp³-hybridized carbons (Fsp3) is 0.700. The van der Waals surface area contributed by atoms with Gasteiger partial charge in [0.1, 0.15) is 6.10 Å². The van der Waals surface area contributed by atoms with Gasteiger partial charge in [-0.25, -0.2) is 0 Å². The first-order chi connectivity index (χ1) is 7.52. The maximum atomic E-state index is 11.3. The van der Waals surface area contributed by atoms with Crippen LogP contribution < -0.4 is 5.73 Å². The Kier molecular flexibility index (Phi) is 4.42. The average Bonchev–Trinajstić information content (AvgIpc) is 2.43. The van der Waals surface area contributed by atoms with Crippen LogP contribution >= 0.6 is 0 Å². The van der Waals surface area contributed by atoms with Crippen LogP contribution in [0.2, 0.25) is 0 Å². The van der Waals surface area contributed by atoms with E-state index in [-0.39, 0.29) is 18.2 Å². The molecule has 90 valence electrons. The van der Waals surface area contributed by atoms with Crippen molar-refractivity contribution in [3.8, 4) is 0 Å². The van der Waals surface area contributed by atoms with Crippen molar-refractivity contribution in [2.24, 2.45) is 5.73 Å².